The molecule has 2 aromatic rings. The van der Waals surface area contributed by atoms with Crippen LogP contribution in [0.5, 0.6) is 0 Å². The minimum absolute atomic E-state index is 0.368. The van der Waals surface area contributed by atoms with E-state index in [1.165, 1.54) is 0 Å². The van der Waals surface area contributed by atoms with Crippen molar-refractivity contribution in [1.29, 1.82) is 0 Å². The molecular formula is C13H17ClN4O. The van der Waals surface area contributed by atoms with E-state index in [9.17, 15) is 0 Å². The Morgan fingerprint density at radius 1 is 1.32 bits per heavy atom. The fourth-order valence-electron chi connectivity index (χ4n) is 1.72. The summed E-state index contributed by atoms with van der Waals surface area (Å²) in [4.78, 5) is 8.58. The Hall–Kier alpha value is -1.46. The van der Waals surface area contributed by atoms with Gasteiger partial charge in [0.1, 0.15) is 11.8 Å². The molecule has 0 amide bonds. The van der Waals surface area contributed by atoms with Gasteiger partial charge in [-0.3, -0.25) is 4.68 Å². The molecule has 0 aromatic carbocycles. The van der Waals surface area contributed by atoms with Crippen LogP contribution >= 0.6 is 11.6 Å². The van der Waals surface area contributed by atoms with Gasteiger partial charge in [0.05, 0.1) is 11.9 Å². The Balaban J connectivity index is 2.24. The Morgan fingerprint density at radius 2 is 2.16 bits per heavy atom. The Morgan fingerprint density at radius 3 is 2.89 bits per heavy atom. The molecule has 0 N–H and O–H groups in total. The summed E-state index contributed by atoms with van der Waals surface area (Å²) in [6.45, 7) is 5.93. The van der Waals surface area contributed by atoms with Crippen molar-refractivity contribution in [3.63, 3.8) is 0 Å². The van der Waals surface area contributed by atoms with Gasteiger partial charge >= 0.3 is 0 Å². The first-order chi connectivity index (χ1) is 9.22. The molecule has 0 bridgehead atoms. The molecule has 5 nitrogen and oxygen atoms in total. The predicted octanol–water partition coefficient (Wildman–Crippen LogP) is 2.94. The Kier molecular flexibility index (Phi) is 4.87. The monoisotopic (exact) mass is 280 g/mol. The first-order valence-electron chi connectivity index (χ1n) is 6.37. The highest BCUT2D eigenvalue weighted by atomic mass is 35.5. The average Bonchev–Trinajstić information content (AvgIpc) is 2.85. The highest BCUT2D eigenvalue weighted by Gasteiger charge is 2.08. The van der Waals surface area contributed by atoms with Crippen LogP contribution in [0.1, 0.15) is 26.1 Å². The summed E-state index contributed by atoms with van der Waals surface area (Å²) in [6, 6.07) is 1.74. The van der Waals surface area contributed by atoms with Gasteiger partial charge in [-0.25, -0.2) is 9.97 Å². The van der Waals surface area contributed by atoms with Crippen molar-refractivity contribution in [1.82, 2.24) is 19.7 Å². The number of nitrogens with zero attached hydrogens (tertiary/aromatic N) is 4. The van der Waals surface area contributed by atoms with Gasteiger partial charge in [0.25, 0.3) is 0 Å². The first-order valence-corrected chi connectivity index (χ1v) is 6.74. The number of aromatic nitrogens is 4. The van der Waals surface area contributed by atoms with E-state index in [4.69, 9.17) is 16.3 Å². The molecule has 0 aliphatic rings. The van der Waals surface area contributed by atoms with Crippen LogP contribution in [-0.4, -0.2) is 26.4 Å². The summed E-state index contributed by atoms with van der Waals surface area (Å²) in [5, 5.41) is 4.71. The molecule has 19 heavy (non-hydrogen) atoms. The van der Waals surface area contributed by atoms with Crippen LogP contribution < -0.4 is 0 Å². The van der Waals surface area contributed by atoms with Crippen LogP contribution in [0.4, 0.5) is 0 Å². The van der Waals surface area contributed by atoms with Crippen LogP contribution in [0.2, 0.25) is 5.15 Å². The first kappa shape index (κ1) is 14.0. The third-order valence-corrected chi connectivity index (χ3v) is 2.75. The van der Waals surface area contributed by atoms with Gasteiger partial charge in [0.2, 0.25) is 0 Å². The number of ether oxygens (including phenoxy) is 1. The summed E-state index contributed by atoms with van der Waals surface area (Å²) in [6.07, 6.45) is 4.80. The number of hydrogen-bond acceptors (Lipinski definition) is 4. The maximum atomic E-state index is 6.01. The van der Waals surface area contributed by atoms with Crippen molar-refractivity contribution < 1.29 is 4.74 Å². The van der Waals surface area contributed by atoms with Gasteiger partial charge in [-0.15, -0.1) is 0 Å². The molecule has 0 fully saturated rings. The van der Waals surface area contributed by atoms with Crippen molar-refractivity contribution in [2.45, 2.75) is 33.4 Å². The van der Waals surface area contributed by atoms with Crippen molar-refractivity contribution in [2.75, 3.05) is 6.61 Å². The molecule has 0 atom stereocenters. The molecule has 0 unspecified atom stereocenters. The zero-order valence-corrected chi connectivity index (χ0v) is 11.9. The van der Waals surface area contributed by atoms with Gasteiger partial charge in [-0.2, -0.15) is 5.10 Å². The second-order valence-electron chi connectivity index (χ2n) is 4.12. The lowest BCUT2D eigenvalue weighted by atomic mass is 10.2. The number of hydrogen-bond donors (Lipinski definition) is 0. The zero-order chi connectivity index (χ0) is 13.7. The quantitative estimate of drug-likeness (QED) is 0.764. The average molecular weight is 281 g/mol. The second kappa shape index (κ2) is 6.63. The second-order valence-corrected chi connectivity index (χ2v) is 4.51. The van der Waals surface area contributed by atoms with E-state index in [2.05, 4.69) is 22.0 Å². The summed E-state index contributed by atoms with van der Waals surface area (Å²) >= 11 is 6.01. The van der Waals surface area contributed by atoms with Crippen LogP contribution in [0.25, 0.3) is 11.3 Å². The molecule has 0 spiro atoms. The smallest absolute Gasteiger partial charge is 0.156 e. The summed E-state index contributed by atoms with van der Waals surface area (Å²) in [7, 11) is 0. The largest absolute Gasteiger partial charge is 0.374 e. The van der Waals surface area contributed by atoms with E-state index in [-0.39, 0.29) is 0 Å². The number of halogens is 1. The lowest BCUT2D eigenvalue weighted by Crippen LogP contribution is -2.00. The fraction of sp³-hybridized carbons (Fsp3) is 0.462. The minimum atomic E-state index is 0.368. The maximum absolute atomic E-state index is 6.01. The highest BCUT2D eigenvalue weighted by Crippen LogP contribution is 2.19. The third-order valence-electron chi connectivity index (χ3n) is 2.56. The van der Waals surface area contributed by atoms with E-state index in [1.54, 1.807) is 12.3 Å². The van der Waals surface area contributed by atoms with Crippen LogP contribution in [0, 0.1) is 0 Å². The SMILES string of the molecule is CCCn1cc(-c2cc(Cl)nc(COCC)n2)cn1. The summed E-state index contributed by atoms with van der Waals surface area (Å²) in [5.41, 5.74) is 1.72. The van der Waals surface area contributed by atoms with Crippen molar-refractivity contribution in [2.24, 2.45) is 0 Å². The van der Waals surface area contributed by atoms with Gasteiger partial charge in [0, 0.05) is 31.0 Å². The van der Waals surface area contributed by atoms with E-state index in [1.807, 2.05) is 17.8 Å². The van der Waals surface area contributed by atoms with Gasteiger partial charge in [-0.1, -0.05) is 18.5 Å². The normalized spacial score (nSPS) is 10.9. The number of aryl methyl sites for hydroxylation is 1. The van der Waals surface area contributed by atoms with E-state index in [0.717, 1.165) is 24.2 Å². The van der Waals surface area contributed by atoms with Crippen LogP contribution in [0.15, 0.2) is 18.5 Å². The third kappa shape index (κ3) is 3.75. The summed E-state index contributed by atoms with van der Waals surface area (Å²) < 4.78 is 7.20. The van der Waals surface area contributed by atoms with Crippen LogP contribution in [0.3, 0.4) is 0 Å². The minimum Gasteiger partial charge on any atom is -0.374 e. The fourth-order valence-corrected chi connectivity index (χ4v) is 1.92. The van der Waals surface area contributed by atoms with E-state index >= 15 is 0 Å². The van der Waals surface area contributed by atoms with Crippen molar-refractivity contribution in [3.05, 3.63) is 29.4 Å². The molecule has 0 radical (unpaired) electrons. The van der Waals surface area contributed by atoms with Gasteiger partial charge < -0.3 is 4.74 Å². The highest BCUT2D eigenvalue weighted by molar-refractivity contribution is 6.29. The molecular weight excluding hydrogens is 264 g/mol. The molecule has 0 saturated carbocycles. The zero-order valence-electron chi connectivity index (χ0n) is 11.1. The standard InChI is InChI=1S/C13H17ClN4O/c1-3-5-18-8-10(7-15-18)11-6-12(14)17-13(16-11)9-19-4-2/h6-8H,3-5,9H2,1-2H3. The molecule has 2 aromatic heterocycles. The lowest BCUT2D eigenvalue weighted by Gasteiger charge is -2.03. The van der Waals surface area contributed by atoms with Crippen molar-refractivity contribution >= 4 is 11.6 Å². The van der Waals surface area contributed by atoms with Gasteiger partial charge in [-0.05, 0) is 13.3 Å². The van der Waals surface area contributed by atoms with E-state index < -0.39 is 0 Å². The molecule has 0 aliphatic heterocycles. The molecule has 2 rings (SSSR count). The summed E-state index contributed by atoms with van der Waals surface area (Å²) in [5.74, 6) is 0.590. The Labute approximate surface area is 117 Å². The Bertz CT molecular complexity index is 541. The molecule has 102 valence electrons. The number of rotatable bonds is 6. The lowest BCUT2D eigenvalue weighted by molar-refractivity contribution is 0.128. The molecule has 6 heteroatoms. The topological polar surface area (TPSA) is 52.8 Å². The molecule has 0 aliphatic carbocycles. The van der Waals surface area contributed by atoms with E-state index in [0.29, 0.717) is 24.2 Å². The van der Waals surface area contributed by atoms with Crippen LogP contribution in [-0.2, 0) is 17.9 Å². The maximum Gasteiger partial charge on any atom is 0.156 e. The van der Waals surface area contributed by atoms with Crippen molar-refractivity contribution in [3.8, 4) is 11.3 Å². The molecule has 2 heterocycles. The molecule has 0 saturated heterocycles. The van der Waals surface area contributed by atoms with Gasteiger partial charge in [0.15, 0.2) is 5.82 Å². The predicted molar refractivity (Wildman–Crippen MR) is 73.9 cm³/mol.